The van der Waals surface area contributed by atoms with Gasteiger partial charge in [0.25, 0.3) is 0 Å². The van der Waals surface area contributed by atoms with Gasteiger partial charge in [-0.15, -0.1) is 10.2 Å². The second-order valence-electron chi connectivity index (χ2n) is 5.60. The Bertz CT molecular complexity index is 852. The van der Waals surface area contributed by atoms with Crippen LogP contribution in [-0.2, 0) is 10.2 Å². The molecule has 0 radical (unpaired) electrons. The van der Waals surface area contributed by atoms with Crippen molar-refractivity contribution >= 4 is 22.4 Å². The first-order valence-corrected chi connectivity index (χ1v) is 8.13. The van der Waals surface area contributed by atoms with E-state index in [-0.39, 0.29) is 5.91 Å². The van der Waals surface area contributed by atoms with Gasteiger partial charge in [-0.2, -0.15) is 0 Å². The average Bonchev–Trinajstić information content (AvgIpc) is 3.04. The third kappa shape index (κ3) is 2.53. The molecule has 2 aromatic heterocycles. The highest BCUT2D eigenvalue weighted by molar-refractivity contribution is 7.15. The third-order valence-corrected chi connectivity index (χ3v) is 4.74. The zero-order chi connectivity index (χ0) is 15.9. The minimum atomic E-state index is -0.601. The highest BCUT2D eigenvalue weighted by Crippen LogP contribution is 2.49. The Balaban J connectivity index is 1.57. The van der Waals surface area contributed by atoms with E-state index in [0.717, 1.165) is 23.4 Å². The fourth-order valence-electron chi connectivity index (χ4n) is 2.53. The zero-order valence-electron chi connectivity index (χ0n) is 12.4. The van der Waals surface area contributed by atoms with E-state index in [1.165, 1.54) is 11.3 Å². The summed E-state index contributed by atoms with van der Waals surface area (Å²) in [5, 5.41) is 16.1. The number of carbonyl (C=O) groups is 1. The Morgan fingerprint density at radius 2 is 2.04 bits per heavy atom. The molecule has 0 aliphatic heterocycles. The van der Waals surface area contributed by atoms with Crippen LogP contribution in [0.2, 0.25) is 0 Å². The fourth-order valence-corrected chi connectivity index (χ4v) is 3.11. The molecule has 0 unspecified atom stereocenters. The Labute approximate surface area is 136 Å². The molecule has 0 saturated heterocycles. The zero-order valence-corrected chi connectivity index (χ0v) is 13.3. The maximum atomic E-state index is 12.6. The van der Waals surface area contributed by atoms with E-state index in [4.69, 9.17) is 4.52 Å². The quantitative estimate of drug-likeness (QED) is 0.796. The number of nitrogens with zero attached hydrogens (tertiary/aromatic N) is 3. The topological polar surface area (TPSA) is 80.9 Å². The molecule has 0 atom stereocenters. The van der Waals surface area contributed by atoms with E-state index in [1.54, 1.807) is 0 Å². The van der Waals surface area contributed by atoms with Crippen LogP contribution in [0.15, 0.2) is 40.9 Å². The summed E-state index contributed by atoms with van der Waals surface area (Å²) in [7, 11) is 0. The lowest BCUT2D eigenvalue weighted by Gasteiger charge is -2.09. The standard InChI is InChI=1S/C16H14N4O2S/c1-10-18-19-15(23-10)17-14(21)16(7-8-16)13-9-12(22-20-13)11-5-3-2-4-6-11/h2-6,9H,7-8H2,1H3,(H,17,19,21). The molecule has 0 spiro atoms. The Kier molecular flexibility index (Phi) is 3.23. The lowest BCUT2D eigenvalue weighted by Crippen LogP contribution is -2.28. The van der Waals surface area contributed by atoms with E-state index < -0.39 is 5.41 Å². The van der Waals surface area contributed by atoms with Crippen molar-refractivity contribution < 1.29 is 9.32 Å². The number of hydrogen-bond acceptors (Lipinski definition) is 6. The number of amides is 1. The number of aryl methyl sites for hydroxylation is 1. The minimum absolute atomic E-state index is 0.0958. The maximum Gasteiger partial charge on any atom is 0.238 e. The Morgan fingerprint density at radius 3 is 2.70 bits per heavy atom. The normalized spacial score (nSPS) is 15.3. The second kappa shape index (κ2) is 5.27. The molecule has 1 saturated carbocycles. The molecule has 1 N–H and O–H groups in total. The van der Waals surface area contributed by atoms with Gasteiger partial charge < -0.3 is 4.52 Å². The van der Waals surface area contributed by atoms with Crippen LogP contribution in [0.1, 0.15) is 23.5 Å². The van der Waals surface area contributed by atoms with Gasteiger partial charge in [-0.1, -0.05) is 46.8 Å². The van der Waals surface area contributed by atoms with Crippen molar-refractivity contribution in [2.75, 3.05) is 5.32 Å². The fraction of sp³-hybridized carbons (Fsp3) is 0.250. The summed E-state index contributed by atoms with van der Waals surface area (Å²) in [4.78, 5) is 12.6. The van der Waals surface area contributed by atoms with Gasteiger partial charge >= 0.3 is 0 Å². The first kappa shape index (κ1) is 14.1. The average molecular weight is 326 g/mol. The summed E-state index contributed by atoms with van der Waals surface area (Å²) < 4.78 is 5.43. The van der Waals surface area contributed by atoms with Gasteiger partial charge in [0.05, 0.1) is 11.1 Å². The third-order valence-electron chi connectivity index (χ3n) is 3.99. The summed E-state index contributed by atoms with van der Waals surface area (Å²) in [6, 6.07) is 11.6. The number of rotatable bonds is 4. The van der Waals surface area contributed by atoms with Crippen molar-refractivity contribution in [2.45, 2.75) is 25.2 Å². The maximum absolute atomic E-state index is 12.6. The highest BCUT2D eigenvalue weighted by Gasteiger charge is 2.54. The van der Waals surface area contributed by atoms with Crippen LogP contribution in [0.25, 0.3) is 11.3 Å². The van der Waals surface area contributed by atoms with E-state index >= 15 is 0 Å². The number of nitrogens with one attached hydrogen (secondary N) is 1. The van der Waals surface area contributed by atoms with Crippen LogP contribution in [0, 0.1) is 6.92 Å². The highest BCUT2D eigenvalue weighted by atomic mass is 32.1. The Morgan fingerprint density at radius 1 is 1.26 bits per heavy atom. The van der Waals surface area contributed by atoms with Crippen LogP contribution >= 0.6 is 11.3 Å². The van der Waals surface area contributed by atoms with E-state index in [9.17, 15) is 4.79 Å². The summed E-state index contributed by atoms with van der Waals surface area (Å²) in [6.07, 6.45) is 1.52. The molecule has 1 aromatic carbocycles. The summed E-state index contributed by atoms with van der Waals surface area (Å²) in [5.41, 5.74) is 1.02. The molecule has 116 valence electrons. The van der Waals surface area contributed by atoms with Crippen molar-refractivity contribution in [3.63, 3.8) is 0 Å². The molecule has 1 aliphatic carbocycles. The SMILES string of the molecule is Cc1nnc(NC(=O)C2(c3cc(-c4ccccc4)on3)CC2)s1. The van der Waals surface area contributed by atoms with Gasteiger partial charge in [-0.25, -0.2) is 0 Å². The number of benzene rings is 1. The lowest BCUT2D eigenvalue weighted by atomic mass is 10.0. The largest absolute Gasteiger partial charge is 0.356 e. The first-order valence-electron chi connectivity index (χ1n) is 7.32. The number of aromatic nitrogens is 3. The predicted octanol–water partition coefficient (Wildman–Crippen LogP) is 3.17. The molecule has 4 rings (SSSR count). The van der Waals surface area contributed by atoms with Crippen molar-refractivity contribution in [3.05, 3.63) is 47.1 Å². The summed E-state index contributed by atoms with van der Waals surface area (Å²) >= 11 is 1.36. The van der Waals surface area contributed by atoms with E-state index in [0.29, 0.717) is 16.6 Å². The predicted molar refractivity (Wildman–Crippen MR) is 86.1 cm³/mol. The molecule has 1 aliphatic rings. The van der Waals surface area contributed by atoms with Crippen LogP contribution in [0.4, 0.5) is 5.13 Å². The van der Waals surface area contributed by atoms with Gasteiger partial charge in [-0.05, 0) is 19.8 Å². The molecule has 6 nitrogen and oxygen atoms in total. The summed E-state index contributed by atoms with van der Waals surface area (Å²) in [5.74, 6) is 0.577. The summed E-state index contributed by atoms with van der Waals surface area (Å²) in [6.45, 7) is 1.85. The van der Waals surface area contributed by atoms with Crippen LogP contribution in [-0.4, -0.2) is 21.3 Å². The minimum Gasteiger partial charge on any atom is -0.356 e. The number of anilines is 1. The Hall–Kier alpha value is -2.54. The van der Waals surface area contributed by atoms with Gasteiger partial charge in [0, 0.05) is 11.6 Å². The number of carbonyl (C=O) groups excluding carboxylic acids is 1. The van der Waals surface area contributed by atoms with Crippen molar-refractivity contribution in [1.82, 2.24) is 15.4 Å². The smallest absolute Gasteiger partial charge is 0.238 e. The molecule has 23 heavy (non-hydrogen) atoms. The van der Waals surface area contributed by atoms with Gasteiger partial charge in [0.2, 0.25) is 11.0 Å². The number of hydrogen-bond donors (Lipinski definition) is 1. The van der Waals surface area contributed by atoms with Crippen molar-refractivity contribution in [3.8, 4) is 11.3 Å². The van der Waals surface area contributed by atoms with Gasteiger partial charge in [0.1, 0.15) is 5.01 Å². The van der Waals surface area contributed by atoms with Crippen molar-refractivity contribution in [1.29, 1.82) is 0 Å². The monoisotopic (exact) mass is 326 g/mol. The molecular weight excluding hydrogens is 312 g/mol. The van der Waals surface area contributed by atoms with E-state index in [2.05, 4.69) is 20.7 Å². The van der Waals surface area contributed by atoms with E-state index in [1.807, 2.05) is 43.3 Å². The lowest BCUT2D eigenvalue weighted by molar-refractivity contribution is -0.118. The molecule has 2 heterocycles. The van der Waals surface area contributed by atoms with Gasteiger partial charge in [-0.3, -0.25) is 10.1 Å². The first-order chi connectivity index (χ1) is 11.2. The van der Waals surface area contributed by atoms with Crippen LogP contribution in [0.3, 0.4) is 0 Å². The molecule has 0 bridgehead atoms. The van der Waals surface area contributed by atoms with Crippen LogP contribution in [0.5, 0.6) is 0 Å². The molecule has 3 aromatic rings. The molecular formula is C16H14N4O2S. The molecule has 1 amide bonds. The molecule has 7 heteroatoms. The van der Waals surface area contributed by atoms with Gasteiger partial charge in [0.15, 0.2) is 5.76 Å². The second-order valence-corrected chi connectivity index (χ2v) is 6.79. The molecule has 1 fully saturated rings. The van der Waals surface area contributed by atoms with Crippen LogP contribution < -0.4 is 5.32 Å². The van der Waals surface area contributed by atoms with Crippen molar-refractivity contribution in [2.24, 2.45) is 0 Å².